The first-order chi connectivity index (χ1) is 9.45. The number of carbonyl (C=O) groups is 2. The minimum Gasteiger partial charge on any atom is -0.477 e. The van der Waals surface area contributed by atoms with Crippen LogP contribution in [-0.4, -0.2) is 21.9 Å². The quantitative estimate of drug-likeness (QED) is 0.453. The molecule has 0 radical (unpaired) electrons. The second kappa shape index (κ2) is 7.22. The van der Waals surface area contributed by atoms with Crippen molar-refractivity contribution in [2.45, 2.75) is 32.6 Å². The molecule has 0 bridgehead atoms. The number of carboxylic acid groups (broad SMARTS) is 1. The first-order valence-corrected chi connectivity index (χ1v) is 6.27. The topological polar surface area (TPSA) is 110 Å². The van der Waals surface area contributed by atoms with Gasteiger partial charge in [-0.25, -0.2) is 4.79 Å². The molecular weight excluding hydrogens is 264 g/mol. The van der Waals surface area contributed by atoms with Gasteiger partial charge in [0.1, 0.15) is 5.56 Å². The molecule has 1 aromatic rings. The molecule has 20 heavy (non-hydrogen) atoms. The summed E-state index contributed by atoms with van der Waals surface area (Å²) in [7, 11) is 0. The number of aromatic carboxylic acids is 1. The molecule has 0 aromatic heterocycles. The highest BCUT2D eigenvalue weighted by atomic mass is 16.6. The zero-order valence-corrected chi connectivity index (χ0v) is 11.1. The second-order valence-electron chi connectivity index (χ2n) is 4.30. The molecule has 0 saturated carbocycles. The van der Waals surface area contributed by atoms with Crippen LogP contribution in [0.2, 0.25) is 0 Å². The predicted molar refractivity (Wildman–Crippen MR) is 72.8 cm³/mol. The molecule has 0 atom stereocenters. The van der Waals surface area contributed by atoms with Gasteiger partial charge in [0.2, 0.25) is 5.91 Å². The Morgan fingerprint density at radius 2 is 2.05 bits per heavy atom. The third-order valence-corrected chi connectivity index (χ3v) is 2.71. The van der Waals surface area contributed by atoms with E-state index in [9.17, 15) is 19.7 Å². The van der Waals surface area contributed by atoms with Crippen LogP contribution < -0.4 is 5.32 Å². The van der Waals surface area contributed by atoms with Crippen molar-refractivity contribution in [3.05, 3.63) is 33.9 Å². The van der Waals surface area contributed by atoms with E-state index in [0.717, 1.165) is 31.4 Å². The largest absolute Gasteiger partial charge is 0.477 e. The van der Waals surface area contributed by atoms with Crippen molar-refractivity contribution in [3.63, 3.8) is 0 Å². The summed E-state index contributed by atoms with van der Waals surface area (Å²) in [4.78, 5) is 32.5. The number of carbonyl (C=O) groups excluding carboxylic acids is 1. The fourth-order valence-electron chi connectivity index (χ4n) is 1.70. The van der Waals surface area contributed by atoms with E-state index in [0.29, 0.717) is 6.42 Å². The summed E-state index contributed by atoms with van der Waals surface area (Å²) in [5.41, 5.74) is -0.697. The highest BCUT2D eigenvalue weighted by Gasteiger charge is 2.20. The highest BCUT2D eigenvalue weighted by molar-refractivity contribution is 5.96. The van der Waals surface area contributed by atoms with E-state index < -0.39 is 22.1 Å². The van der Waals surface area contributed by atoms with E-state index in [4.69, 9.17) is 5.11 Å². The summed E-state index contributed by atoms with van der Waals surface area (Å²) in [6.07, 6.45) is 3.02. The fraction of sp³-hybridized carbons (Fsp3) is 0.385. The third-order valence-electron chi connectivity index (χ3n) is 2.71. The Balaban J connectivity index is 2.82. The molecule has 0 fully saturated rings. The van der Waals surface area contributed by atoms with Crippen molar-refractivity contribution in [1.82, 2.24) is 0 Å². The lowest BCUT2D eigenvalue weighted by molar-refractivity contribution is -0.385. The minimum absolute atomic E-state index is 0.233. The van der Waals surface area contributed by atoms with Crippen LogP contribution in [0.1, 0.15) is 43.0 Å². The fourth-order valence-corrected chi connectivity index (χ4v) is 1.70. The lowest BCUT2D eigenvalue weighted by Gasteiger charge is -2.06. The summed E-state index contributed by atoms with van der Waals surface area (Å²) < 4.78 is 0. The Morgan fingerprint density at radius 3 is 2.60 bits per heavy atom. The van der Waals surface area contributed by atoms with Gasteiger partial charge in [0.15, 0.2) is 0 Å². The van der Waals surface area contributed by atoms with Crippen molar-refractivity contribution >= 4 is 23.3 Å². The number of hydrogen-bond acceptors (Lipinski definition) is 4. The van der Waals surface area contributed by atoms with Crippen molar-refractivity contribution in [2.75, 3.05) is 5.32 Å². The zero-order valence-electron chi connectivity index (χ0n) is 11.1. The van der Waals surface area contributed by atoms with Crippen molar-refractivity contribution in [3.8, 4) is 0 Å². The van der Waals surface area contributed by atoms with E-state index >= 15 is 0 Å². The Hall–Kier alpha value is -2.44. The number of nitro benzene ring substituents is 1. The van der Waals surface area contributed by atoms with Gasteiger partial charge in [0.05, 0.1) is 4.92 Å². The Morgan fingerprint density at radius 1 is 1.35 bits per heavy atom. The number of anilines is 1. The van der Waals surface area contributed by atoms with Crippen LogP contribution >= 0.6 is 0 Å². The van der Waals surface area contributed by atoms with Crippen molar-refractivity contribution in [1.29, 1.82) is 0 Å². The van der Waals surface area contributed by atoms with Crippen LogP contribution in [-0.2, 0) is 4.79 Å². The maximum atomic E-state index is 11.6. The van der Waals surface area contributed by atoms with E-state index in [-0.39, 0.29) is 11.6 Å². The average molecular weight is 280 g/mol. The number of nitrogens with one attached hydrogen (secondary N) is 1. The second-order valence-corrected chi connectivity index (χ2v) is 4.30. The molecule has 7 heteroatoms. The summed E-state index contributed by atoms with van der Waals surface area (Å²) in [5, 5.41) is 22.2. The molecule has 1 aromatic carbocycles. The number of carboxylic acids is 1. The zero-order chi connectivity index (χ0) is 15.1. The van der Waals surface area contributed by atoms with E-state index in [1.165, 1.54) is 6.07 Å². The number of benzene rings is 1. The maximum absolute atomic E-state index is 11.6. The highest BCUT2D eigenvalue weighted by Crippen LogP contribution is 2.22. The molecule has 0 spiro atoms. The van der Waals surface area contributed by atoms with Crippen LogP contribution in [0.3, 0.4) is 0 Å². The molecule has 1 rings (SSSR count). The number of nitrogens with zero attached hydrogens (tertiary/aromatic N) is 1. The van der Waals surface area contributed by atoms with Crippen LogP contribution in [0, 0.1) is 10.1 Å². The van der Waals surface area contributed by atoms with Gasteiger partial charge in [-0.3, -0.25) is 14.9 Å². The molecule has 0 heterocycles. The summed E-state index contributed by atoms with van der Waals surface area (Å²) in [5.74, 6) is -1.64. The smallest absolute Gasteiger partial charge is 0.342 e. The Bertz CT molecular complexity index is 527. The molecular formula is C13H16N2O5. The van der Waals surface area contributed by atoms with Crippen LogP contribution in [0.15, 0.2) is 18.2 Å². The van der Waals surface area contributed by atoms with Gasteiger partial charge in [-0.2, -0.15) is 0 Å². The van der Waals surface area contributed by atoms with Gasteiger partial charge in [0.25, 0.3) is 5.69 Å². The van der Waals surface area contributed by atoms with E-state index in [2.05, 4.69) is 5.32 Å². The van der Waals surface area contributed by atoms with Gasteiger partial charge in [-0.15, -0.1) is 0 Å². The number of hydrogen-bond donors (Lipinski definition) is 2. The number of rotatable bonds is 7. The van der Waals surface area contributed by atoms with Gasteiger partial charge in [-0.05, 0) is 18.6 Å². The van der Waals surface area contributed by atoms with Gasteiger partial charge < -0.3 is 10.4 Å². The molecule has 108 valence electrons. The molecule has 7 nitrogen and oxygen atoms in total. The Labute approximate surface area is 115 Å². The Kier molecular flexibility index (Phi) is 5.64. The first-order valence-electron chi connectivity index (χ1n) is 6.27. The van der Waals surface area contributed by atoms with Gasteiger partial charge in [0, 0.05) is 18.2 Å². The number of unbranched alkanes of at least 4 members (excludes halogenated alkanes) is 2. The number of nitro groups is 1. The summed E-state index contributed by atoms with van der Waals surface area (Å²) >= 11 is 0. The third kappa shape index (κ3) is 4.34. The molecule has 0 unspecified atom stereocenters. The lowest BCUT2D eigenvalue weighted by Crippen LogP contribution is -2.12. The summed E-state index contributed by atoms with van der Waals surface area (Å²) in [6.45, 7) is 2.02. The summed E-state index contributed by atoms with van der Waals surface area (Å²) in [6, 6.07) is 3.49. The first kappa shape index (κ1) is 15.6. The molecule has 1 amide bonds. The van der Waals surface area contributed by atoms with Crippen LogP contribution in [0.25, 0.3) is 0 Å². The molecule has 2 N–H and O–H groups in total. The molecule has 0 aliphatic heterocycles. The maximum Gasteiger partial charge on any atom is 0.342 e. The molecule has 0 aliphatic rings. The average Bonchev–Trinajstić information content (AvgIpc) is 2.38. The minimum atomic E-state index is -1.40. The van der Waals surface area contributed by atoms with Crippen molar-refractivity contribution in [2.24, 2.45) is 0 Å². The lowest BCUT2D eigenvalue weighted by atomic mass is 10.1. The van der Waals surface area contributed by atoms with E-state index in [1.54, 1.807) is 0 Å². The monoisotopic (exact) mass is 280 g/mol. The van der Waals surface area contributed by atoms with Gasteiger partial charge in [-0.1, -0.05) is 19.8 Å². The predicted octanol–water partition coefficient (Wildman–Crippen LogP) is 2.81. The van der Waals surface area contributed by atoms with Crippen LogP contribution in [0.4, 0.5) is 11.4 Å². The molecule has 0 aliphatic carbocycles. The molecule has 0 saturated heterocycles. The van der Waals surface area contributed by atoms with Crippen LogP contribution in [0.5, 0.6) is 0 Å². The van der Waals surface area contributed by atoms with E-state index in [1.807, 2.05) is 6.92 Å². The van der Waals surface area contributed by atoms with Crippen molar-refractivity contribution < 1.29 is 19.6 Å². The SMILES string of the molecule is CCCCCC(=O)Nc1ccc([N+](=O)[O-])c(C(=O)O)c1. The normalized spacial score (nSPS) is 10.1. The number of amides is 1. The van der Waals surface area contributed by atoms with Gasteiger partial charge >= 0.3 is 5.97 Å². The standard InChI is InChI=1S/C13H16N2O5/c1-2-3-4-5-12(16)14-9-6-7-11(15(19)20)10(8-9)13(17)18/h6-8H,2-5H2,1H3,(H,14,16)(H,17,18).